The Hall–Kier alpha value is -2.77. The molecule has 2 amide bonds. The van der Waals surface area contributed by atoms with Gasteiger partial charge in [0.2, 0.25) is 5.91 Å². The lowest BCUT2D eigenvalue weighted by atomic mass is 10.1. The smallest absolute Gasteiger partial charge is 0.271 e. The Morgan fingerprint density at radius 2 is 1.87 bits per heavy atom. The van der Waals surface area contributed by atoms with Gasteiger partial charge >= 0.3 is 0 Å². The Kier molecular flexibility index (Phi) is 5.05. The molecule has 0 spiro atoms. The molecular formula is C15H16F2N4O2. The van der Waals surface area contributed by atoms with Crippen LogP contribution in [0.1, 0.15) is 17.4 Å². The van der Waals surface area contributed by atoms with Gasteiger partial charge < -0.3 is 10.6 Å². The van der Waals surface area contributed by atoms with Crippen molar-refractivity contribution >= 4 is 11.8 Å². The first-order valence-electron chi connectivity index (χ1n) is 6.90. The molecule has 2 N–H and O–H groups in total. The Balaban J connectivity index is 2.13. The van der Waals surface area contributed by atoms with Crippen molar-refractivity contribution < 1.29 is 18.4 Å². The Morgan fingerprint density at radius 1 is 1.17 bits per heavy atom. The predicted molar refractivity (Wildman–Crippen MR) is 79.6 cm³/mol. The summed E-state index contributed by atoms with van der Waals surface area (Å²) >= 11 is 0. The van der Waals surface area contributed by atoms with Crippen LogP contribution in [0.2, 0.25) is 0 Å². The summed E-state index contributed by atoms with van der Waals surface area (Å²) in [5.74, 6) is -1.84. The van der Waals surface area contributed by atoms with E-state index in [0.29, 0.717) is 6.54 Å². The van der Waals surface area contributed by atoms with Crippen molar-refractivity contribution in [2.45, 2.75) is 6.92 Å². The van der Waals surface area contributed by atoms with Crippen LogP contribution in [0.3, 0.4) is 0 Å². The monoisotopic (exact) mass is 322 g/mol. The van der Waals surface area contributed by atoms with Crippen LogP contribution >= 0.6 is 0 Å². The number of benzene rings is 1. The van der Waals surface area contributed by atoms with Gasteiger partial charge in [0.25, 0.3) is 5.91 Å². The minimum Gasteiger partial charge on any atom is -0.355 e. The molecule has 8 heteroatoms. The van der Waals surface area contributed by atoms with Crippen LogP contribution in [0.15, 0.2) is 24.3 Å². The van der Waals surface area contributed by atoms with Gasteiger partial charge in [-0.15, -0.1) is 0 Å². The van der Waals surface area contributed by atoms with E-state index in [1.807, 2.05) is 0 Å². The summed E-state index contributed by atoms with van der Waals surface area (Å²) in [6, 6.07) is 4.46. The largest absolute Gasteiger partial charge is 0.355 e. The van der Waals surface area contributed by atoms with Gasteiger partial charge in [0.15, 0.2) is 5.69 Å². The highest BCUT2D eigenvalue weighted by molar-refractivity contribution is 5.93. The van der Waals surface area contributed by atoms with Gasteiger partial charge in [-0.25, -0.2) is 8.78 Å². The fourth-order valence-electron chi connectivity index (χ4n) is 2.03. The Morgan fingerprint density at radius 3 is 2.57 bits per heavy atom. The first-order valence-corrected chi connectivity index (χ1v) is 6.90. The number of carbonyl (C=O) groups is 2. The van der Waals surface area contributed by atoms with E-state index < -0.39 is 17.5 Å². The second-order valence-electron chi connectivity index (χ2n) is 4.90. The standard InChI is InChI=1S/C15H16F2N4O2/c1-9(22)18-5-6-19-15(23)13-8-14(21(2)20-13)11-7-10(16)3-4-12(11)17/h3-4,7-8H,5-6H2,1-2H3,(H,18,22)(H,19,23). The highest BCUT2D eigenvalue weighted by Crippen LogP contribution is 2.24. The zero-order chi connectivity index (χ0) is 17.0. The minimum atomic E-state index is -0.605. The Labute approximate surface area is 131 Å². The molecule has 6 nitrogen and oxygen atoms in total. The van der Waals surface area contributed by atoms with Crippen LogP contribution in [0.4, 0.5) is 8.78 Å². The fourth-order valence-corrected chi connectivity index (χ4v) is 2.03. The minimum absolute atomic E-state index is 0.0253. The average Bonchev–Trinajstić information content (AvgIpc) is 2.87. The molecule has 1 aromatic heterocycles. The highest BCUT2D eigenvalue weighted by atomic mass is 19.1. The highest BCUT2D eigenvalue weighted by Gasteiger charge is 2.16. The number of hydrogen-bond donors (Lipinski definition) is 2. The summed E-state index contributed by atoms with van der Waals surface area (Å²) in [7, 11) is 1.54. The van der Waals surface area contributed by atoms with E-state index in [-0.39, 0.29) is 29.4 Å². The van der Waals surface area contributed by atoms with Crippen LogP contribution in [0.25, 0.3) is 11.3 Å². The molecule has 0 bridgehead atoms. The van der Waals surface area contributed by atoms with Gasteiger partial charge in [-0.3, -0.25) is 14.3 Å². The van der Waals surface area contributed by atoms with Gasteiger partial charge in [0.05, 0.1) is 5.69 Å². The summed E-state index contributed by atoms with van der Waals surface area (Å²) in [6.07, 6.45) is 0. The summed E-state index contributed by atoms with van der Waals surface area (Å²) in [6.45, 7) is 1.90. The second kappa shape index (κ2) is 6.99. The zero-order valence-corrected chi connectivity index (χ0v) is 12.7. The molecule has 0 saturated heterocycles. The maximum atomic E-state index is 13.8. The van der Waals surface area contributed by atoms with Crippen molar-refractivity contribution in [1.82, 2.24) is 20.4 Å². The molecule has 0 aliphatic heterocycles. The van der Waals surface area contributed by atoms with Crippen LogP contribution in [0.5, 0.6) is 0 Å². The zero-order valence-electron chi connectivity index (χ0n) is 12.7. The third kappa shape index (κ3) is 4.12. The van der Waals surface area contributed by atoms with E-state index >= 15 is 0 Å². The molecule has 0 aliphatic rings. The third-order valence-corrected chi connectivity index (χ3v) is 3.10. The molecule has 0 saturated carbocycles. The van der Waals surface area contributed by atoms with Gasteiger partial charge in [0, 0.05) is 32.6 Å². The number of nitrogens with one attached hydrogen (secondary N) is 2. The van der Waals surface area contributed by atoms with E-state index in [2.05, 4.69) is 15.7 Å². The van der Waals surface area contributed by atoms with Crippen LogP contribution in [-0.4, -0.2) is 34.7 Å². The molecule has 2 aromatic rings. The van der Waals surface area contributed by atoms with Crippen LogP contribution in [-0.2, 0) is 11.8 Å². The van der Waals surface area contributed by atoms with E-state index in [4.69, 9.17) is 0 Å². The molecule has 0 aliphatic carbocycles. The molecule has 0 fully saturated rings. The van der Waals surface area contributed by atoms with Crippen molar-refractivity contribution in [3.05, 3.63) is 41.6 Å². The van der Waals surface area contributed by atoms with Gasteiger partial charge in [0.1, 0.15) is 11.6 Å². The van der Waals surface area contributed by atoms with Crippen LogP contribution in [0, 0.1) is 11.6 Å². The molecule has 23 heavy (non-hydrogen) atoms. The van der Waals surface area contributed by atoms with Crippen LogP contribution < -0.4 is 10.6 Å². The first kappa shape index (κ1) is 16.6. The van der Waals surface area contributed by atoms with Crippen molar-refractivity contribution in [3.63, 3.8) is 0 Å². The third-order valence-electron chi connectivity index (χ3n) is 3.10. The average molecular weight is 322 g/mol. The normalized spacial score (nSPS) is 10.4. The van der Waals surface area contributed by atoms with Crippen molar-refractivity contribution in [1.29, 1.82) is 0 Å². The molecule has 0 atom stereocenters. The number of nitrogens with zero attached hydrogens (tertiary/aromatic N) is 2. The number of aryl methyl sites for hydroxylation is 1. The molecule has 1 heterocycles. The summed E-state index contributed by atoms with van der Waals surface area (Å²) < 4.78 is 28.4. The van der Waals surface area contributed by atoms with E-state index in [1.54, 1.807) is 0 Å². The molecule has 0 unspecified atom stereocenters. The molecule has 2 rings (SSSR count). The molecule has 122 valence electrons. The summed E-state index contributed by atoms with van der Waals surface area (Å²) in [5, 5.41) is 9.11. The quantitative estimate of drug-likeness (QED) is 0.813. The summed E-state index contributed by atoms with van der Waals surface area (Å²) in [4.78, 5) is 22.7. The lowest BCUT2D eigenvalue weighted by molar-refractivity contribution is -0.118. The van der Waals surface area contributed by atoms with Gasteiger partial charge in [-0.05, 0) is 24.3 Å². The molecule has 0 radical (unpaired) electrons. The van der Waals surface area contributed by atoms with Gasteiger partial charge in [-0.1, -0.05) is 0 Å². The number of halogens is 2. The topological polar surface area (TPSA) is 76.0 Å². The lowest BCUT2D eigenvalue weighted by Crippen LogP contribution is -2.33. The fraction of sp³-hybridized carbons (Fsp3) is 0.267. The van der Waals surface area contributed by atoms with E-state index in [9.17, 15) is 18.4 Å². The van der Waals surface area contributed by atoms with E-state index in [0.717, 1.165) is 18.2 Å². The second-order valence-corrected chi connectivity index (χ2v) is 4.90. The van der Waals surface area contributed by atoms with Crippen molar-refractivity contribution in [2.24, 2.45) is 7.05 Å². The number of carbonyl (C=O) groups excluding carboxylic acids is 2. The van der Waals surface area contributed by atoms with Gasteiger partial charge in [-0.2, -0.15) is 5.10 Å². The van der Waals surface area contributed by atoms with Crippen molar-refractivity contribution in [2.75, 3.05) is 13.1 Å². The van der Waals surface area contributed by atoms with Crippen molar-refractivity contribution in [3.8, 4) is 11.3 Å². The number of hydrogen-bond acceptors (Lipinski definition) is 3. The molecular weight excluding hydrogens is 306 g/mol. The summed E-state index contributed by atoms with van der Waals surface area (Å²) in [5.41, 5.74) is 0.389. The Bertz CT molecular complexity index is 743. The van der Waals surface area contributed by atoms with E-state index in [1.165, 1.54) is 24.7 Å². The predicted octanol–water partition coefficient (Wildman–Crippen LogP) is 1.23. The number of amides is 2. The number of rotatable bonds is 5. The maximum absolute atomic E-state index is 13.8. The first-order chi connectivity index (χ1) is 10.9. The lowest BCUT2D eigenvalue weighted by Gasteiger charge is -2.03. The maximum Gasteiger partial charge on any atom is 0.271 e. The number of aromatic nitrogens is 2. The molecule has 1 aromatic carbocycles. The SMILES string of the molecule is CC(=O)NCCNC(=O)c1cc(-c2cc(F)ccc2F)n(C)n1.